The molecule has 0 bridgehead atoms. The number of carbonyl (C=O) groups is 1. The number of thioether (sulfide) groups is 1. The van der Waals surface area contributed by atoms with E-state index < -0.39 is 5.44 Å². The largest absolute Gasteiger partial charge is 0.475 e. The van der Waals surface area contributed by atoms with E-state index >= 15 is 0 Å². The number of methoxy groups -OCH3 is 1. The predicted molar refractivity (Wildman–Crippen MR) is 33.6 cm³/mol. The summed E-state index contributed by atoms with van der Waals surface area (Å²) in [6, 6.07) is 0. The third-order valence-electron chi connectivity index (χ3n) is 0.854. The third-order valence-corrected chi connectivity index (χ3v) is 1.67. The molecule has 1 unspecified atom stereocenters. The van der Waals surface area contributed by atoms with E-state index in [0.717, 1.165) is 0 Å². The lowest BCUT2D eigenvalue weighted by Gasteiger charge is -2.04. The van der Waals surface area contributed by atoms with Gasteiger partial charge in [0, 0.05) is 5.41 Å². The molecule has 0 aliphatic carbocycles. The van der Waals surface area contributed by atoms with Crippen molar-refractivity contribution in [2.24, 2.45) is 0 Å². The second-order valence-electron chi connectivity index (χ2n) is 1.40. The van der Waals surface area contributed by atoms with Crippen LogP contribution in [0, 0.1) is 0 Å². The first-order chi connectivity index (χ1) is 4.34. The summed E-state index contributed by atoms with van der Waals surface area (Å²) in [4.78, 5) is 10.6. The molecular weight excluding hydrogens is 140 g/mol. The number of hydrogen-bond donors (Lipinski definition) is 0. The highest BCUT2D eigenvalue weighted by Crippen LogP contribution is 2.21. The Morgan fingerprint density at radius 3 is 3.11 bits per heavy atom. The molecule has 0 fully saturated rings. The Morgan fingerprint density at radius 2 is 2.67 bits per heavy atom. The van der Waals surface area contributed by atoms with Crippen molar-refractivity contribution in [2.75, 3.05) is 7.11 Å². The third kappa shape index (κ3) is 1.38. The van der Waals surface area contributed by atoms with Gasteiger partial charge in [-0.15, -0.1) is 0 Å². The second kappa shape index (κ2) is 2.77. The topological polar surface area (TPSA) is 35.5 Å². The lowest BCUT2D eigenvalue weighted by atomic mass is 10.7. The van der Waals surface area contributed by atoms with E-state index in [4.69, 9.17) is 4.74 Å². The number of rotatable bonds is 1. The molecule has 0 spiro atoms. The fraction of sp³-hybridized carbons (Fsp3) is 0.400. The fourth-order valence-electron chi connectivity index (χ4n) is 0.446. The van der Waals surface area contributed by atoms with Crippen LogP contribution in [0.5, 0.6) is 0 Å². The molecule has 1 atom stereocenters. The minimum Gasteiger partial charge on any atom is -0.475 e. The molecule has 0 radical (unpaired) electrons. The van der Waals surface area contributed by atoms with Crippen LogP contribution >= 0.6 is 11.8 Å². The zero-order chi connectivity index (χ0) is 6.69. The molecule has 3 nitrogen and oxygen atoms in total. The van der Waals surface area contributed by atoms with Gasteiger partial charge in [-0.25, -0.2) is 4.79 Å². The average Bonchev–Trinajstić information content (AvgIpc) is 2.37. The lowest BCUT2D eigenvalue weighted by molar-refractivity contribution is -0.145. The Bertz CT molecular complexity index is 135. The molecular formula is C5H6O3S. The summed E-state index contributed by atoms with van der Waals surface area (Å²) < 4.78 is 9.22. The molecule has 4 heteroatoms. The van der Waals surface area contributed by atoms with Gasteiger partial charge in [-0.2, -0.15) is 0 Å². The van der Waals surface area contributed by atoms with Crippen LogP contribution in [-0.2, 0) is 14.3 Å². The number of ether oxygens (including phenoxy) is 2. The maximum atomic E-state index is 10.6. The number of carbonyl (C=O) groups excluding carboxylic acids is 1. The molecule has 0 saturated heterocycles. The van der Waals surface area contributed by atoms with Crippen molar-refractivity contribution in [2.45, 2.75) is 5.44 Å². The monoisotopic (exact) mass is 146 g/mol. The highest BCUT2D eigenvalue weighted by molar-refractivity contribution is 8.03. The van der Waals surface area contributed by atoms with E-state index in [-0.39, 0.29) is 5.97 Å². The van der Waals surface area contributed by atoms with E-state index in [1.165, 1.54) is 25.1 Å². The smallest absolute Gasteiger partial charge is 0.358 e. The summed E-state index contributed by atoms with van der Waals surface area (Å²) in [5.74, 6) is -0.343. The van der Waals surface area contributed by atoms with Crippen LogP contribution in [0.4, 0.5) is 0 Å². The van der Waals surface area contributed by atoms with Gasteiger partial charge in [0.1, 0.15) is 0 Å². The Hall–Kier alpha value is -0.640. The predicted octanol–water partition coefficient (Wildman–Crippen LogP) is 0.720. The first-order valence-electron chi connectivity index (χ1n) is 2.38. The number of esters is 1. The SMILES string of the molecule is COC(=O)C1OC=CS1. The molecule has 9 heavy (non-hydrogen) atoms. The first kappa shape index (κ1) is 6.48. The van der Waals surface area contributed by atoms with Crippen LogP contribution in [0.25, 0.3) is 0 Å². The maximum absolute atomic E-state index is 10.6. The normalized spacial score (nSPS) is 23.4. The summed E-state index contributed by atoms with van der Waals surface area (Å²) in [6.45, 7) is 0. The molecule has 1 heterocycles. The highest BCUT2D eigenvalue weighted by atomic mass is 32.2. The Morgan fingerprint density at radius 1 is 1.89 bits per heavy atom. The molecule has 0 N–H and O–H groups in total. The van der Waals surface area contributed by atoms with Crippen molar-refractivity contribution in [3.8, 4) is 0 Å². The molecule has 0 saturated carbocycles. The van der Waals surface area contributed by atoms with Gasteiger partial charge in [0.05, 0.1) is 13.4 Å². The summed E-state index contributed by atoms with van der Waals surface area (Å²) in [6.07, 6.45) is 1.48. The standard InChI is InChI=1S/C5H6O3S/c1-7-4(6)5-8-2-3-9-5/h2-3,5H,1H3. The summed E-state index contributed by atoms with van der Waals surface area (Å²) in [7, 11) is 1.34. The highest BCUT2D eigenvalue weighted by Gasteiger charge is 2.21. The van der Waals surface area contributed by atoms with Gasteiger partial charge >= 0.3 is 5.97 Å². The van der Waals surface area contributed by atoms with Crippen LogP contribution in [-0.4, -0.2) is 18.5 Å². The summed E-state index contributed by atoms with van der Waals surface area (Å²) >= 11 is 1.30. The van der Waals surface area contributed by atoms with Gasteiger partial charge in [0.15, 0.2) is 0 Å². The lowest BCUT2D eigenvalue weighted by Crippen LogP contribution is -2.17. The van der Waals surface area contributed by atoms with Crippen LogP contribution in [0.1, 0.15) is 0 Å². The maximum Gasteiger partial charge on any atom is 0.358 e. The van der Waals surface area contributed by atoms with E-state index in [1.54, 1.807) is 5.41 Å². The quantitative estimate of drug-likeness (QED) is 0.511. The van der Waals surface area contributed by atoms with Gasteiger partial charge in [-0.1, -0.05) is 11.8 Å². The number of hydrogen-bond acceptors (Lipinski definition) is 4. The van der Waals surface area contributed by atoms with Crippen molar-refractivity contribution in [3.63, 3.8) is 0 Å². The van der Waals surface area contributed by atoms with Crippen LogP contribution in [0.15, 0.2) is 11.7 Å². The molecule has 0 amide bonds. The van der Waals surface area contributed by atoms with E-state index in [9.17, 15) is 4.79 Å². The van der Waals surface area contributed by atoms with Gasteiger partial charge < -0.3 is 9.47 Å². The molecule has 0 aromatic carbocycles. The minimum atomic E-state index is -0.477. The molecule has 50 valence electrons. The van der Waals surface area contributed by atoms with Crippen molar-refractivity contribution in [1.82, 2.24) is 0 Å². The van der Waals surface area contributed by atoms with Crippen molar-refractivity contribution >= 4 is 17.7 Å². The van der Waals surface area contributed by atoms with Crippen LogP contribution in [0.2, 0.25) is 0 Å². The zero-order valence-electron chi connectivity index (χ0n) is 4.87. The van der Waals surface area contributed by atoms with E-state index in [1.807, 2.05) is 0 Å². The zero-order valence-corrected chi connectivity index (χ0v) is 5.68. The average molecular weight is 146 g/mol. The minimum absolute atomic E-state index is 0.343. The van der Waals surface area contributed by atoms with E-state index in [0.29, 0.717) is 0 Å². The fourth-order valence-corrected chi connectivity index (χ4v) is 1.05. The van der Waals surface area contributed by atoms with Crippen molar-refractivity contribution in [1.29, 1.82) is 0 Å². The molecule has 1 aliphatic rings. The van der Waals surface area contributed by atoms with Crippen molar-refractivity contribution < 1.29 is 14.3 Å². The Kier molecular flexibility index (Phi) is 2.00. The molecule has 0 aromatic heterocycles. The van der Waals surface area contributed by atoms with Gasteiger partial charge in [0.2, 0.25) is 5.44 Å². The summed E-state index contributed by atoms with van der Waals surface area (Å²) in [5, 5.41) is 1.71. The van der Waals surface area contributed by atoms with Crippen LogP contribution < -0.4 is 0 Å². The van der Waals surface area contributed by atoms with Gasteiger partial charge in [-0.3, -0.25) is 0 Å². The Labute approximate surface area is 57.0 Å². The Balaban J connectivity index is 2.36. The van der Waals surface area contributed by atoms with Gasteiger partial charge in [-0.05, 0) is 0 Å². The molecule has 1 rings (SSSR count). The summed E-state index contributed by atoms with van der Waals surface area (Å²) in [5.41, 5.74) is -0.477. The molecule has 0 aromatic rings. The second-order valence-corrected chi connectivity index (χ2v) is 2.37. The van der Waals surface area contributed by atoms with Crippen LogP contribution in [0.3, 0.4) is 0 Å². The first-order valence-corrected chi connectivity index (χ1v) is 3.32. The van der Waals surface area contributed by atoms with Crippen molar-refractivity contribution in [3.05, 3.63) is 11.7 Å². The molecule has 1 aliphatic heterocycles. The van der Waals surface area contributed by atoms with Gasteiger partial charge in [0.25, 0.3) is 0 Å². The van der Waals surface area contributed by atoms with E-state index in [2.05, 4.69) is 4.74 Å².